The van der Waals surface area contributed by atoms with E-state index in [0.29, 0.717) is 13.1 Å². The maximum Gasteiger partial charge on any atom is 0.0923 e. The summed E-state index contributed by atoms with van der Waals surface area (Å²) in [5.41, 5.74) is 4.07. The minimum atomic E-state index is -0.531. The number of aliphatic hydroxyl groups excluding tert-OH is 2. The van der Waals surface area contributed by atoms with Gasteiger partial charge in [-0.1, -0.05) is 55.5 Å². The van der Waals surface area contributed by atoms with E-state index in [-0.39, 0.29) is 12.6 Å². The maximum atomic E-state index is 12.8. The van der Waals surface area contributed by atoms with Gasteiger partial charge in [-0.25, -0.2) is 0 Å². The zero-order valence-electron chi connectivity index (χ0n) is 19.9. The van der Waals surface area contributed by atoms with E-state index in [0.717, 1.165) is 67.2 Å². The van der Waals surface area contributed by atoms with Crippen molar-refractivity contribution in [3.63, 3.8) is 0 Å². The first-order valence-corrected chi connectivity index (χ1v) is 12.6. The Morgan fingerprint density at radius 3 is 1.52 bits per heavy atom. The lowest BCUT2D eigenvalue weighted by molar-refractivity contribution is 0.0850. The Morgan fingerprint density at radius 2 is 1.12 bits per heavy atom. The van der Waals surface area contributed by atoms with E-state index in [1.165, 1.54) is 12.8 Å². The van der Waals surface area contributed by atoms with E-state index in [2.05, 4.69) is 28.9 Å². The topological polar surface area (TPSA) is 46.9 Å². The number of likely N-dealkylation sites (tertiary alicyclic amines) is 2. The molecule has 0 radical (unpaired) electrons. The van der Waals surface area contributed by atoms with Crippen molar-refractivity contribution in [3.05, 3.63) is 59.7 Å². The lowest BCUT2D eigenvalue weighted by atomic mass is 9.96. The van der Waals surface area contributed by atoms with Crippen LogP contribution in [0.3, 0.4) is 0 Å². The molecule has 2 heterocycles. The second kappa shape index (κ2) is 11.6. The lowest BCUT2D eigenvalue weighted by Gasteiger charge is -2.32. The van der Waals surface area contributed by atoms with Gasteiger partial charge in [-0.2, -0.15) is 0 Å². The quantitative estimate of drug-likeness (QED) is 0.600. The van der Waals surface area contributed by atoms with E-state index in [4.69, 9.17) is 0 Å². The number of hydrogen-bond donors (Lipinski definition) is 2. The molecule has 4 rings (SSSR count). The summed E-state index contributed by atoms with van der Waals surface area (Å²) in [5, 5.41) is 21.3. The molecule has 0 aromatic heterocycles. The zero-order chi connectivity index (χ0) is 23.2. The molecule has 2 N–H and O–H groups in total. The first-order valence-electron chi connectivity index (χ1n) is 12.6. The zero-order valence-corrected chi connectivity index (χ0v) is 19.9. The Labute approximate surface area is 198 Å². The molecular weight excluding hydrogens is 415 g/mol. The normalized spacial score (nSPS) is 21.2. The van der Waals surface area contributed by atoms with Crippen LogP contribution < -0.4 is 0 Å². The summed E-state index contributed by atoms with van der Waals surface area (Å²) in [4.78, 5) is 4.60. The molecule has 2 aromatic rings. The molecule has 2 fully saturated rings. The number of aliphatic hydroxyl groups is 2. The van der Waals surface area contributed by atoms with Crippen molar-refractivity contribution in [2.75, 3.05) is 45.9 Å². The third-order valence-electron chi connectivity index (χ3n) is 7.59. The van der Waals surface area contributed by atoms with Crippen molar-refractivity contribution in [2.24, 2.45) is 11.8 Å². The monoisotopic (exact) mass is 454 g/mol. The van der Waals surface area contributed by atoms with Crippen LogP contribution in [0.1, 0.15) is 55.9 Å². The predicted octanol–water partition coefficient (Wildman–Crippen LogP) is 4.83. The third-order valence-corrected chi connectivity index (χ3v) is 7.59. The fraction of sp³-hybridized carbons (Fsp3) is 0.571. The number of β-amino-alcohol motifs (C(OH)–C–C–N with tert-alkyl or cyclic N) is 2. The van der Waals surface area contributed by atoms with Gasteiger partial charge in [0.05, 0.1) is 18.9 Å². The molecular formula is C28H39FN2O2. The Kier molecular flexibility index (Phi) is 8.53. The number of hydrogen-bond acceptors (Lipinski definition) is 4. The first kappa shape index (κ1) is 24.3. The summed E-state index contributed by atoms with van der Waals surface area (Å²) in [6, 6.07) is 16.3. The van der Waals surface area contributed by atoms with Crippen molar-refractivity contribution in [3.8, 4) is 11.1 Å². The molecule has 0 spiro atoms. The summed E-state index contributed by atoms with van der Waals surface area (Å²) in [6.45, 7) is 7.24. The number of halogens is 1. The van der Waals surface area contributed by atoms with Crippen LogP contribution in [0, 0.1) is 11.8 Å². The highest BCUT2D eigenvalue weighted by Gasteiger charge is 2.22. The molecule has 2 unspecified atom stereocenters. The molecule has 2 aliphatic rings. The first-order chi connectivity index (χ1) is 16.0. The number of benzene rings is 2. The smallest absolute Gasteiger partial charge is 0.0923 e. The van der Waals surface area contributed by atoms with Crippen molar-refractivity contribution >= 4 is 0 Å². The Balaban J connectivity index is 1.30. The van der Waals surface area contributed by atoms with Crippen molar-refractivity contribution in [1.82, 2.24) is 9.80 Å². The number of piperidine rings is 2. The van der Waals surface area contributed by atoms with Gasteiger partial charge in [0.15, 0.2) is 0 Å². The molecule has 0 aliphatic carbocycles. The molecule has 2 atom stereocenters. The van der Waals surface area contributed by atoms with Gasteiger partial charge in [-0.15, -0.1) is 0 Å². The van der Waals surface area contributed by atoms with Gasteiger partial charge in [0.25, 0.3) is 0 Å². The van der Waals surface area contributed by atoms with Crippen LogP contribution in [0.5, 0.6) is 0 Å². The second-order valence-corrected chi connectivity index (χ2v) is 10.2. The highest BCUT2D eigenvalue weighted by atomic mass is 19.1. The highest BCUT2D eigenvalue weighted by Crippen LogP contribution is 2.26. The summed E-state index contributed by atoms with van der Waals surface area (Å²) in [7, 11) is 0. The van der Waals surface area contributed by atoms with Crippen LogP contribution in [0.2, 0.25) is 0 Å². The molecule has 2 aromatic carbocycles. The van der Waals surface area contributed by atoms with Crippen LogP contribution in [-0.2, 0) is 0 Å². The van der Waals surface area contributed by atoms with E-state index in [1.54, 1.807) is 0 Å². The van der Waals surface area contributed by atoms with Gasteiger partial charge in [0.1, 0.15) is 0 Å². The average molecular weight is 455 g/mol. The van der Waals surface area contributed by atoms with Gasteiger partial charge in [-0.05, 0) is 86.0 Å². The standard InChI is InChI=1S/C28H39FN2O2/c1-21-10-14-30(15-11-21)19-27(32)25-6-2-23(3-7-25)24-4-8-26(9-5-24)28(33)20-31-16-12-22(18-29)13-17-31/h2-9,21-22,27-28,32-33H,10-20H2,1H3. The van der Waals surface area contributed by atoms with E-state index < -0.39 is 12.2 Å². The van der Waals surface area contributed by atoms with Crippen LogP contribution >= 0.6 is 0 Å². The molecule has 0 saturated carbocycles. The van der Waals surface area contributed by atoms with Crippen molar-refractivity contribution in [1.29, 1.82) is 0 Å². The van der Waals surface area contributed by atoms with E-state index >= 15 is 0 Å². The SMILES string of the molecule is CC1CCN(CC(O)c2ccc(-c3ccc(C(O)CN4CCC(CF)CC4)cc3)cc2)CC1. The number of alkyl halides is 1. The number of rotatable bonds is 8. The van der Waals surface area contributed by atoms with Crippen LogP contribution in [0.25, 0.3) is 11.1 Å². The van der Waals surface area contributed by atoms with Crippen molar-refractivity contribution < 1.29 is 14.6 Å². The minimum Gasteiger partial charge on any atom is -0.387 e. The number of nitrogens with zero attached hydrogens (tertiary/aromatic N) is 2. The molecule has 33 heavy (non-hydrogen) atoms. The van der Waals surface area contributed by atoms with Crippen LogP contribution in [0.4, 0.5) is 4.39 Å². The van der Waals surface area contributed by atoms with E-state index in [9.17, 15) is 14.6 Å². The van der Waals surface area contributed by atoms with E-state index in [1.807, 2.05) is 36.4 Å². The molecule has 2 saturated heterocycles. The average Bonchev–Trinajstić information content (AvgIpc) is 2.86. The van der Waals surface area contributed by atoms with Crippen LogP contribution in [0.15, 0.2) is 48.5 Å². The Hall–Kier alpha value is -1.79. The Morgan fingerprint density at radius 1 is 0.727 bits per heavy atom. The predicted molar refractivity (Wildman–Crippen MR) is 132 cm³/mol. The van der Waals surface area contributed by atoms with Crippen molar-refractivity contribution in [2.45, 2.75) is 44.8 Å². The van der Waals surface area contributed by atoms with Crippen LogP contribution in [-0.4, -0.2) is 66.0 Å². The summed E-state index contributed by atoms with van der Waals surface area (Å²) < 4.78 is 12.8. The molecule has 180 valence electrons. The van der Waals surface area contributed by atoms with Gasteiger partial charge < -0.3 is 20.0 Å². The largest absolute Gasteiger partial charge is 0.387 e. The molecule has 0 bridgehead atoms. The highest BCUT2D eigenvalue weighted by molar-refractivity contribution is 5.64. The Bertz CT molecular complexity index is 841. The van der Waals surface area contributed by atoms with Gasteiger partial charge in [0.2, 0.25) is 0 Å². The molecule has 4 nitrogen and oxygen atoms in total. The second-order valence-electron chi connectivity index (χ2n) is 10.2. The minimum absolute atomic E-state index is 0.193. The summed E-state index contributed by atoms with van der Waals surface area (Å²) in [5.74, 6) is 0.990. The van der Waals surface area contributed by atoms with Gasteiger partial charge in [-0.3, -0.25) is 4.39 Å². The molecule has 2 aliphatic heterocycles. The summed E-state index contributed by atoms with van der Waals surface area (Å²) in [6.07, 6.45) is 3.20. The fourth-order valence-corrected chi connectivity index (χ4v) is 5.06. The fourth-order valence-electron chi connectivity index (χ4n) is 5.06. The lowest BCUT2D eigenvalue weighted by Crippen LogP contribution is -2.37. The molecule has 5 heteroatoms. The summed E-state index contributed by atoms with van der Waals surface area (Å²) >= 11 is 0. The molecule has 0 amide bonds. The van der Waals surface area contributed by atoms with Gasteiger partial charge >= 0.3 is 0 Å². The third kappa shape index (κ3) is 6.63. The maximum absolute atomic E-state index is 12.8. The van der Waals surface area contributed by atoms with Gasteiger partial charge in [0, 0.05) is 13.1 Å².